The molecule has 2 saturated heterocycles. The van der Waals surface area contributed by atoms with Crippen molar-refractivity contribution in [1.29, 1.82) is 0 Å². The van der Waals surface area contributed by atoms with E-state index in [-0.39, 0.29) is 18.2 Å². The molecule has 1 amide bonds. The third-order valence-electron chi connectivity index (χ3n) is 4.49. The number of carbonyl (C=O) groups excluding carboxylic acids is 2. The predicted molar refractivity (Wildman–Crippen MR) is 100 cm³/mol. The van der Waals surface area contributed by atoms with Gasteiger partial charge in [0.2, 0.25) is 0 Å². The number of benzene rings is 1. The van der Waals surface area contributed by atoms with Crippen molar-refractivity contribution in [1.82, 2.24) is 4.90 Å². The molecule has 2 unspecified atom stereocenters. The van der Waals surface area contributed by atoms with Crippen LogP contribution in [0.4, 0.5) is 5.69 Å². The van der Waals surface area contributed by atoms with Gasteiger partial charge in [-0.2, -0.15) is 0 Å². The van der Waals surface area contributed by atoms with Gasteiger partial charge in [-0.3, -0.25) is 19.1 Å². The Morgan fingerprint density at radius 2 is 1.92 bits per heavy atom. The number of amides is 1. The van der Waals surface area contributed by atoms with E-state index in [1.807, 2.05) is 0 Å². The number of carbonyl (C=O) groups is 2. The summed E-state index contributed by atoms with van der Waals surface area (Å²) < 4.78 is 15.9. The number of nitro benzene ring substituents is 1. The molecule has 1 aromatic rings. The molecule has 1 aromatic carbocycles. The number of non-ortho nitro benzene ring substituents is 1. The molecule has 0 saturated carbocycles. The highest BCUT2D eigenvalue weighted by Crippen LogP contribution is 2.55. The van der Waals surface area contributed by atoms with Gasteiger partial charge in [-0.25, -0.2) is 4.79 Å². The second kappa shape index (κ2) is 6.38. The summed E-state index contributed by atoms with van der Waals surface area (Å²) in [5.74, 6) is -1.04. The van der Waals surface area contributed by atoms with Crippen LogP contribution in [0, 0.1) is 10.1 Å². The minimum Gasteiger partial charge on any atom is -0.459 e. The van der Waals surface area contributed by atoms with Crippen molar-refractivity contribution < 1.29 is 23.5 Å². The molecular formula is C15H14Br2N2O6S. The van der Waals surface area contributed by atoms with Crippen molar-refractivity contribution in [3.63, 3.8) is 0 Å². The van der Waals surface area contributed by atoms with Gasteiger partial charge in [-0.1, -0.05) is 31.9 Å². The fraction of sp³-hybridized carbons (Fsp3) is 0.467. The molecule has 0 N–H and O–H groups in total. The lowest BCUT2D eigenvalue weighted by Crippen LogP contribution is -2.69. The molecule has 0 aromatic heterocycles. The smallest absolute Gasteiger partial charge is 0.330 e. The van der Waals surface area contributed by atoms with E-state index in [0.29, 0.717) is 5.56 Å². The van der Waals surface area contributed by atoms with Gasteiger partial charge in [-0.15, -0.1) is 0 Å². The number of hydrogen-bond donors (Lipinski definition) is 0. The van der Waals surface area contributed by atoms with Crippen molar-refractivity contribution in [2.24, 2.45) is 0 Å². The maximum Gasteiger partial charge on any atom is 0.330 e. The third kappa shape index (κ3) is 2.80. The first kappa shape index (κ1) is 19.4. The summed E-state index contributed by atoms with van der Waals surface area (Å²) in [5.41, 5.74) is 0.509. The number of alkyl halides is 2. The van der Waals surface area contributed by atoms with Crippen molar-refractivity contribution in [2.75, 3.05) is 0 Å². The lowest BCUT2D eigenvalue weighted by Gasteiger charge is -2.46. The number of ether oxygens (including phenoxy) is 1. The van der Waals surface area contributed by atoms with E-state index in [2.05, 4.69) is 31.9 Å². The molecule has 11 heteroatoms. The van der Waals surface area contributed by atoms with Gasteiger partial charge in [0.05, 0.1) is 20.5 Å². The van der Waals surface area contributed by atoms with E-state index in [9.17, 15) is 23.9 Å². The number of β-lactam (4-membered cyclic amide) rings is 1. The minimum absolute atomic E-state index is 0.0626. The van der Waals surface area contributed by atoms with E-state index in [4.69, 9.17) is 4.74 Å². The van der Waals surface area contributed by atoms with Gasteiger partial charge in [0.15, 0.2) is 3.23 Å². The number of nitrogens with zero attached hydrogens (tertiary/aromatic N) is 2. The summed E-state index contributed by atoms with van der Waals surface area (Å²) in [6.07, 6.45) is 0. The fourth-order valence-corrected chi connectivity index (χ4v) is 6.73. The zero-order valence-corrected chi connectivity index (χ0v) is 17.7. The molecule has 2 heterocycles. The Balaban J connectivity index is 1.74. The van der Waals surface area contributed by atoms with Crippen molar-refractivity contribution in [2.45, 2.75) is 39.9 Å². The summed E-state index contributed by atoms with van der Waals surface area (Å²) in [5, 5.41) is 9.99. The van der Waals surface area contributed by atoms with Crippen molar-refractivity contribution in [3.05, 3.63) is 39.9 Å². The van der Waals surface area contributed by atoms with Crippen LogP contribution in [0.2, 0.25) is 0 Å². The molecular weight excluding hydrogens is 496 g/mol. The van der Waals surface area contributed by atoms with Gasteiger partial charge < -0.3 is 9.64 Å². The standard InChI is InChI=1S/C15H14Br2N2O6S/c1-14(2)10(18-12(21)15(16,17)13(18)26(14)24)11(20)25-7-8-3-5-9(6-4-8)19(22)23/h3-6,10,13H,7H2,1-2H3/t10?,13-,26?/m1/s1. The van der Waals surface area contributed by atoms with E-state index >= 15 is 0 Å². The molecule has 0 spiro atoms. The Morgan fingerprint density at radius 3 is 2.46 bits per heavy atom. The van der Waals surface area contributed by atoms with Crippen LogP contribution in [0.1, 0.15) is 19.4 Å². The Morgan fingerprint density at radius 1 is 1.35 bits per heavy atom. The van der Waals surface area contributed by atoms with Crippen LogP contribution in [0.25, 0.3) is 0 Å². The molecule has 0 bridgehead atoms. The number of halogens is 2. The topological polar surface area (TPSA) is 107 Å². The Kier molecular flexibility index (Phi) is 4.77. The van der Waals surface area contributed by atoms with Gasteiger partial charge in [0.1, 0.15) is 18.0 Å². The maximum atomic E-state index is 12.7. The second-order valence-corrected chi connectivity index (χ2v) is 12.2. The van der Waals surface area contributed by atoms with Crippen LogP contribution >= 0.6 is 31.9 Å². The van der Waals surface area contributed by atoms with Gasteiger partial charge in [0, 0.05) is 12.1 Å². The van der Waals surface area contributed by atoms with Crippen LogP contribution in [-0.4, -0.2) is 45.3 Å². The number of nitro groups is 1. The highest BCUT2D eigenvalue weighted by atomic mass is 79.9. The highest BCUT2D eigenvalue weighted by molar-refractivity contribution is 9.26. The molecule has 26 heavy (non-hydrogen) atoms. The van der Waals surface area contributed by atoms with E-state index < -0.39 is 41.1 Å². The summed E-state index contributed by atoms with van der Waals surface area (Å²) in [4.78, 5) is 36.4. The third-order valence-corrected chi connectivity index (χ3v) is 8.89. The molecule has 2 aliphatic rings. The van der Waals surface area contributed by atoms with Crippen molar-refractivity contribution >= 4 is 60.2 Å². The molecule has 140 valence electrons. The molecule has 0 radical (unpaired) electrons. The van der Waals surface area contributed by atoms with Crippen molar-refractivity contribution in [3.8, 4) is 0 Å². The SMILES string of the molecule is CC1(C)C(C(=O)OCc2ccc([N+](=O)[O-])cc2)N2C(=O)C(Br)(Br)[C@H]2S1=O. The summed E-state index contributed by atoms with van der Waals surface area (Å²) in [6.45, 7) is 3.21. The molecule has 2 aliphatic heterocycles. The molecule has 3 atom stereocenters. The number of hydrogen-bond acceptors (Lipinski definition) is 6. The molecule has 0 aliphatic carbocycles. The average molecular weight is 510 g/mol. The van der Waals surface area contributed by atoms with Crippen LogP contribution in [0.5, 0.6) is 0 Å². The second-order valence-electron chi connectivity index (χ2n) is 6.52. The first-order valence-electron chi connectivity index (χ1n) is 7.51. The van der Waals surface area contributed by atoms with Crippen LogP contribution < -0.4 is 0 Å². The molecule has 2 fully saturated rings. The van der Waals surface area contributed by atoms with Crippen LogP contribution in [0.15, 0.2) is 24.3 Å². The number of fused-ring (bicyclic) bond motifs is 1. The van der Waals surface area contributed by atoms with E-state index in [1.165, 1.54) is 29.2 Å². The fourth-order valence-electron chi connectivity index (χ4n) is 3.06. The predicted octanol–water partition coefficient (Wildman–Crippen LogP) is 2.20. The largest absolute Gasteiger partial charge is 0.459 e. The van der Waals surface area contributed by atoms with Crippen LogP contribution in [0.3, 0.4) is 0 Å². The zero-order chi connectivity index (χ0) is 19.4. The number of esters is 1. The van der Waals surface area contributed by atoms with E-state index in [0.717, 1.165) is 0 Å². The summed E-state index contributed by atoms with van der Waals surface area (Å²) in [6, 6.07) is 4.64. The van der Waals surface area contributed by atoms with Crippen LogP contribution in [-0.2, 0) is 31.7 Å². The lowest BCUT2D eigenvalue weighted by molar-refractivity contribution is -0.384. The zero-order valence-electron chi connectivity index (χ0n) is 13.7. The lowest BCUT2D eigenvalue weighted by atomic mass is 9.98. The first-order chi connectivity index (χ1) is 12.0. The number of rotatable bonds is 4. The van der Waals surface area contributed by atoms with Gasteiger partial charge >= 0.3 is 5.97 Å². The van der Waals surface area contributed by atoms with Gasteiger partial charge in [-0.05, 0) is 31.5 Å². The highest BCUT2D eigenvalue weighted by Gasteiger charge is 2.73. The monoisotopic (exact) mass is 508 g/mol. The Bertz CT molecular complexity index is 826. The normalized spacial score (nSPS) is 28.2. The van der Waals surface area contributed by atoms with Gasteiger partial charge in [0.25, 0.3) is 11.6 Å². The summed E-state index contributed by atoms with van der Waals surface area (Å²) >= 11 is 6.45. The quantitative estimate of drug-likeness (QED) is 0.202. The average Bonchev–Trinajstić information content (AvgIpc) is 2.78. The minimum atomic E-state index is -1.48. The molecule has 8 nitrogen and oxygen atoms in total. The Labute approximate surface area is 168 Å². The molecule has 3 rings (SSSR count). The Hall–Kier alpha value is -1.33. The maximum absolute atomic E-state index is 12.7. The summed E-state index contributed by atoms with van der Waals surface area (Å²) in [7, 11) is -1.48. The van der Waals surface area contributed by atoms with E-state index in [1.54, 1.807) is 13.8 Å². The first-order valence-corrected chi connectivity index (χ1v) is 10.3.